The third-order valence-electron chi connectivity index (χ3n) is 3.97. The first kappa shape index (κ1) is 14.3. The fourth-order valence-corrected chi connectivity index (χ4v) is 4.04. The van der Waals surface area contributed by atoms with Crippen molar-refractivity contribution in [1.29, 1.82) is 0 Å². The van der Waals surface area contributed by atoms with Crippen LogP contribution in [0.5, 0.6) is 0 Å². The van der Waals surface area contributed by atoms with Crippen LogP contribution in [0.4, 0.5) is 8.78 Å². The van der Waals surface area contributed by atoms with Gasteiger partial charge in [0.05, 0.1) is 6.10 Å². The van der Waals surface area contributed by atoms with Crippen LogP contribution in [0.2, 0.25) is 0 Å². The molecule has 0 aromatic heterocycles. The van der Waals surface area contributed by atoms with E-state index in [1.165, 1.54) is 30.7 Å². The van der Waals surface area contributed by atoms with Crippen molar-refractivity contribution in [2.75, 3.05) is 18.1 Å². The van der Waals surface area contributed by atoms with E-state index < -0.39 is 11.6 Å². The third kappa shape index (κ3) is 3.15. The van der Waals surface area contributed by atoms with Crippen molar-refractivity contribution in [2.24, 2.45) is 0 Å². The Kier molecular flexibility index (Phi) is 4.58. The molecule has 0 amide bonds. The minimum atomic E-state index is -0.806. The molecule has 0 spiro atoms. The van der Waals surface area contributed by atoms with E-state index in [0.29, 0.717) is 12.6 Å². The molecule has 3 rings (SSSR count). The largest absolute Gasteiger partial charge is 0.372 e. The summed E-state index contributed by atoms with van der Waals surface area (Å²) in [7, 11) is 0. The molecule has 3 unspecified atom stereocenters. The maximum Gasteiger partial charge on any atom is 0.159 e. The lowest BCUT2D eigenvalue weighted by Gasteiger charge is -2.28. The Bertz CT molecular complexity index is 465. The number of halogens is 2. The van der Waals surface area contributed by atoms with E-state index in [4.69, 9.17) is 4.74 Å². The second-order valence-corrected chi connectivity index (χ2v) is 6.59. The van der Waals surface area contributed by atoms with Crippen molar-refractivity contribution in [3.8, 4) is 0 Å². The first-order valence-electron chi connectivity index (χ1n) is 7.14. The zero-order chi connectivity index (χ0) is 13.9. The molecule has 5 heteroatoms. The Balaban J connectivity index is 1.69. The summed E-state index contributed by atoms with van der Waals surface area (Å²) >= 11 is 1.97. The summed E-state index contributed by atoms with van der Waals surface area (Å²) in [5.41, 5.74) is 0.724. The molecule has 1 aromatic rings. The van der Waals surface area contributed by atoms with E-state index in [9.17, 15) is 8.78 Å². The van der Waals surface area contributed by atoms with Gasteiger partial charge in [0, 0.05) is 24.4 Å². The highest BCUT2D eigenvalue weighted by molar-refractivity contribution is 7.99. The van der Waals surface area contributed by atoms with Gasteiger partial charge in [-0.05, 0) is 42.7 Å². The molecule has 110 valence electrons. The maximum atomic E-state index is 13.4. The van der Waals surface area contributed by atoms with Crippen molar-refractivity contribution in [2.45, 2.75) is 37.5 Å². The van der Waals surface area contributed by atoms with Gasteiger partial charge in [0.2, 0.25) is 0 Å². The molecule has 1 N–H and O–H groups in total. The summed E-state index contributed by atoms with van der Waals surface area (Å²) in [6.45, 7) is 0.668. The van der Waals surface area contributed by atoms with Gasteiger partial charge in [-0.15, -0.1) is 0 Å². The average Bonchev–Trinajstić information content (AvgIpc) is 2.91. The van der Waals surface area contributed by atoms with E-state index in [-0.39, 0.29) is 12.1 Å². The third-order valence-corrected chi connectivity index (χ3v) is 5.19. The maximum absolute atomic E-state index is 13.4. The van der Waals surface area contributed by atoms with Crippen molar-refractivity contribution >= 4 is 11.8 Å². The first-order valence-corrected chi connectivity index (χ1v) is 8.30. The summed E-state index contributed by atoms with van der Waals surface area (Å²) in [5, 5.41) is 3.64. The number of hydrogen-bond acceptors (Lipinski definition) is 3. The lowest BCUT2D eigenvalue weighted by atomic mass is 10.0. The summed E-state index contributed by atoms with van der Waals surface area (Å²) in [5.74, 6) is 0.761. The van der Waals surface area contributed by atoms with Crippen molar-refractivity contribution in [1.82, 2.24) is 5.32 Å². The van der Waals surface area contributed by atoms with Crippen LogP contribution in [0, 0.1) is 11.6 Å². The van der Waals surface area contributed by atoms with Crippen molar-refractivity contribution in [3.05, 3.63) is 35.4 Å². The zero-order valence-corrected chi connectivity index (χ0v) is 12.1. The average molecular weight is 299 g/mol. The number of benzene rings is 1. The van der Waals surface area contributed by atoms with Gasteiger partial charge in [-0.25, -0.2) is 8.78 Å². The predicted molar refractivity (Wildman–Crippen MR) is 76.9 cm³/mol. The second kappa shape index (κ2) is 6.41. The first-order chi connectivity index (χ1) is 9.74. The summed E-state index contributed by atoms with van der Waals surface area (Å²) in [6.07, 6.45) is 3.18. The fraction of sp³-hybridized carbons (Fsp3) is 0.600. The van der Waals surface area contributed by atoms with E-state index in [0.717, 1.165) is 17.7 Å². The van der Waals surface area contributed by atoms with Gasteiger partial charge in [0.25, 0.3) is 0 Å². The van der Waals surface area contributed by atoms with Gasteiger partial charge >= 0.3 is 0 Å². The monoisotopic (exact) mass is 299 g/mol. The minimum absolute atomic E-state index is 0.169. The minimum Gasteiger partial charge on any atom is -0.372 e. The Morgan fingerprint density at radius 1 is 1.20 bits per heavy atom. The number of rotatable bonds is 3. The van der Waals surface area contributed by atoms with Crippen molar-refractivity contribution < 1.29 is 13.5 Å². The smallest absolute Gasteiger partial charge is 0.159 e. The van der Waals surface area contributed by atoms with Gasteiger partial charge in [-0.3, -0.25) is 0 Å². The molecule has 2 aliphatic rings. The molecule has 0 radical (unpaired) electrons. The van der Waals surface area contributed by atoms with Crippen molar-refractivity contribution in [3.63, 3.8) is 0 Å². The number of thioether (sulfide) groups is 1. The van der Waals surface area contributed by atoms with E-state index >= 15 is 0 Å². The molecule has 2 nitrogen and oxygen atoms in total. The van der Waals surface area contributed by atoms with Crippen LogP contribution in [0.15, 0.2) is 18.2 Å². The van der Waals surface area contributed by atoms with Crippen LogP contribution in [-0.4, -0.2) is 30.2 Å². The van der Waals surface area contributed by atoms with Gasteiger partial charge in [-0.2, -0.15) is 11.8 Å². The molecule has 2 fully saturated rings. The second-order valence-electron chi connectivity index (χ2n) is 5.44. The fourth-order valence-electron chi connectivity index (χ4n) is 2.95. The normalized spacial score (nSPS) is 30.6. The highest BCUT2D eigenvalue weighted by Crippen LogP contribution is 2.31. The zero-order valence-electron chi connectivity index (χ0n) is 11.3. The molecular formula is C15H19F2NOS. The quantitative estimate of drug-likeness (QED) is 0.925. The SMILES string of the molecule is Fc1ccc(C2OCCC2NC2CCCSC2)cc1F. The van der Waals surface area contributed by atoms with Gasteiger partial charge in [0.1, 0.15) is 0 Å². The van der Waals surface area contributed by atoms with E-state index in [2.05, 4.69) is 5.32 Å². The molecule has 20 heavy (non-hydrogen) atoms. The number of hydrogen-bond donors (Lipinski definition) is 1. The van der Waals surface area contributed by atoms with Crippen LogP contribution < -0.4 is 5.32 Å². The highest BCUT2D eigenvalue weighted by atomic mass is 32.2. The molecule has 3 atom stereocenters. The summed E-state index contributed by atoms with van der Waals surface area (Å²) in [4.78, 5) is 0. The standard InChI is InChI=1S/C15H19F2NOS/c16-12-4-3-10(8-13(12)17)15-14(5-6-19-15)18-11-2-1-7-20-9-11/h3-4,8,11,14-15,18H,1-2,5-7,9H2. The molecule has 1 aromatic carbocycles. The van der Waals surface area contributed by atoms with Gasteiger partial charge in [-0.1, -0.05) is 6.07 Å². The molecule has 2 saturated heterocycles. The topological polar surface area (TPSA) is 21.3 Å². The highest BCUT2D eigenvalue weighted by Gasteiger charge is 2.32. The Morgan fingerprint density at radius 3 is 2.85 bits per heavy atom. The lowest BCUT2D eigenvalue weighted by molar-refractivity contribution is 0.0962. The Labute approximate surface area is 122 Å². The lowest BCUT2D eigenvalue weighted by Crippen LogP contribution is -2.42. The van der Waals surface area contributed by atoms with Gasteiger partial charge in [0.15, 0.2) is 11.6 Å². The van der Waals surface area contributed by atoms with Crippen LogP contribution in [0.1, 0.15) is 30.9 Å². The molecular weight excluding hydrogens is 280 g/mol. The van der Waals surface area contributed by atoms with E-state index in [1.54, 1.807) is 6.07 Å². The molecule has 0 aliphatic carbocycles. The Hall–Kier alpha value is -0.650. The number of ether oxygens (including phenoxy) is 1. The predicted octanol–water partition coefficient (Wildman–Crippen LogP) is 3.28. The molecule has 2 heterocycles. The molecule has 2 aliphatic heterocycles. The molecule has 0 bridgehead atoms. The summed E-state index contributed by atoms with van der Waals surface area (Å²) in [6, 6.07) is 4.77. The van der Waals surface area contributed by atoms with E-state index in [1.807, 2.05) is 11.8 Å². The van der Waals surface area contributed by atoms with Gasteiger partial charge < -0.3 is 10.1 Å². The van der Waals surface area contributed by atoms with Crippen LogP contribution in [-0.2, 0) is 4.74 Å². The molecule has 0 saturated carbocycles. The van der Waals surface area contributed by atoms with Crippen LogP contribution in [0.25, 0.3) is 0 Å². The Morgan fingerprint density at radius 2 is 2.10 bits per heavy atom. The van der Waals surface area contributed by atoms with Crippen LogP contribution >= 0.6 is 11.8 Å². The summed E-state index contributed by atoms with van der Waals surface area (Å²) < 4.78 is 32.1. The number of nitrogens with one attached hydrogen (secondary N) is 1. The van der Waals surface area contributed by atoms with Crippen LogP contribution in [0.3, 0.4) is 0 Å².